The Kier molecular flexibility index (Phi) is 6.91. The average molecular weight is 425 g/mol. The quantitative estimate of drug-likeness (QED) is 0.288. The van der Waals surface area contributed by atoms with Crippen LogP contribution in [0.25, 0.3) is 0 Å². The number of hydrogen-bond acceptors (Lipinski definition) is 10. The van der Waals surface area contributed by atoms with Gasteiger partial charge in [-0.2, -0.15) is 4.68 Å². The van der Waals surface area contributed by atoms with Gasteiger partial charge >= 0.3 is 5.97 Å². The lowest BCUT2D eigenvalue weighted by atomic mass is 10.1. The Bertz CT molecular complexity index is 998. The van der Waals surface area contributed by atoms with E-state index in [-0.39, 0.29) is 39.6 Å². The Hall–Kier alpha value is -2.73. The van der Waals surface area contributed by atoms with Crippen molar-refractivity contribution in [2.75, 3.05) is 23.5 Å². The third-order valence-corrected chi connectivity index (χ3v) is 5.80. The van der Waals surface area contributed by atoms with E-state index in [2.05, 4.69) is 15.5 Å². The number of thiophene rings is 1. The van der Waals surface area contributed by atoms with Gasteiger partial charge in [0.2, 0.25) is 11.1 Å². The summed E-state index contributed by atoms with van der Waals surface area (Å²) in [4.78, 5) is 48.5. The Balaban J connectivity index is 2.20. The number of rotatable bonds is 7. The minimum absolute atomic E-state index is 0.0724. The lowest BCUT2D eigenvalue weighted by Crippen LogP contribution is -2.32. The maximum atomic E-state index is 12.3. The molecule has 2 aromatic rings. The molecule has 0 bridgehead atoms. The molecule has 3 N–H and O–H groups in total. The highest BCUT2D eigenvalue weighted by molar-refractivity contribution is 7.99. The number of Topliss-reactive ketones (excluding diaryl/α,β-unsaturated/α-hetero) is 1. The number of hydrogen-bond donors (Lipinski definition) is 2. The van der Waals surface area contributed by atoms with Crippen molar-refractivity contribution in [3.8, 4) is 0 Å². The first kappa shape index (κ1) is 21.6. The minimum Gasteiger partial charge on any atom is -0.462 e. The first-order chi connectivity index (χ1) is 13.2. The monoisotopic (exact) mass is 425 g/mol. The molecule has 0 fully saturated rings. The van der Waals surface area contributed by atoms with E-state index in [1.807, 2.05) is 0 Å². The normalized spacial score (nSPS) is 10.6. The molecule has 150 valence electrons. The van der Waals surface area contributed by atoms with E-state index in [1.165, 1.54) is 13.8 Å². The Labute approximate surface area is 168 Å². The van der Waals surface area contributed by atoms with Crippen LogP contribution in [0.1, 0.15) is 45.1 Å². The van der Waals surface area contributed by atoms with E-state index in [0.29, 0.717) is 10.4 Å². The molecule has 12 heteroatoms. The maximum Gasteiger partial charge on any atom is 0.341 e. The van der Waals surface area contributed by atoms with Crippen LogP contribution in [0.15, 0.2) is 9.95 Å². The second kappa shape index (κ2) is 8.97. The number of anilines is 1. The molecular formula is C16H19N5O5S2. The zero-order valence-corrected chi connectivity index (χ0v) is 17.3. The van der Waals surface area contributed by atoms with Gasteiger partial charge in [0.25, 0.3) is 5.56 Å². The largest absolute Gasteiger partial charge is 0.462 e. The number of amides is 1. The highest BCUT2D eigenvalue weighted by atomic mass is 32.2. The minimum atomic E-state index is -0.619. The van der Waals surface area contributed by atoms with Crippen molar-refractivity contribution >= 4 is 45.8 Å². The molecular weight excluding hydrogens is 406 g/mol. The van der Waals surface area contributed by atoms with Crippen molar-refractivity contribution in [3.63, 3.8) is 0 Å². The van der Waals surface area contributed by atoms with Gasteiger partial charge in [-0.3, -0.25) is 14.4 Å². The van der Waals surface area contributed by atoms with E-state index in [9.17, 15) is 19.2 Å². The van der Waals surface area contributed by atoms with Gasteiger partial charge in [-0.1, -0.05) is 11.8 Å². The third kappa shape index (κ3) is 4.57. The van der Waals surface area contributed by atoms with Crippen molar-refractivity contribution in [3.05, 3.63) is 32.1 Å². The number of nitrogen functional groups attached to an aromatic ring is 1. The van der Waals surface area contributed by atoms with Gasteiger partial charge in [0.15, 0.2) is 5.78 Å². The lowest BCUT2D eigenvalue weighted by molar-refractivity contribution is -0.113. The summed E-state index contributed by atoms with van der Waals surface area (Å²) in [6, 6.07) is 0. The average Bonchev–Trinajstić information content (AvgIpc) is 2.95. The van der Waals surface area contributed by atoms with Gasteiger partial charge in [-0.05, 0) is 33.3 Å². The second-order valence-electron chi connectivity index (χ2n) is 5.62. The number of nitrogens with two attached hydrogens (primary N) is 1. The van der Waals surface area contributed by atoms with E-state index in [1.54, 1.807) is 13.8 Å². The predicted octanol–water partition coefficient (Wildman–Crippen LogP) is 1.14. The molecule has 0 aromatic carbocycles. The van der Waals surface area contributed by atoms with Crippen molar-refractivity contribution in [1.82, 2.24) is 14.9 Å². The zero-order valence-electron chi connectivity index (χ0n) is 15.7. The molecule has 0 spiro atoms. The predicted molar refractivity (Wildman–Crippen MR) is 106 cm³/mol. The van der Waals surface area contributed by atoms with Crippen molar-refractivity contribution in [1.29, 1.82) is 0 Å². The van der Waals surface area contributed by atoms with Crippen LogP contribution in [0.5, 0.6) is 0 Å². The number of carbonyl (C=O) groups excluding carboxylic acids is 3. The Morgan fingerprint density at radius 3 is 2.57 bits per heavy atom. The fourth-order valence-electron chi connectivity index (χ4n) is 2.25. The topological polar surface area (TPSA) is 146 Å². The molecule has 10 nitrogen and oxygen atoms in total. The van der Waals surface area contributed by atoms with Gasteiger partial charge in [0.1, 0.15) is 10.7 Å². The summed E-state index contributed by atoms with van der Waals surface area (Å²) in [5.41, 5.74) is 0.240. The number of aryl methyl sites for hydroxylation is 1. The van der Waals surface area contributed by atoms with E-state index >= 15 is 0 Å². The molecule has 0 saturated carbocycles. The van der Waals surface area contributed by atoms with E-state index in [0.717, 1.165) is 27.8 Å². The summed E-state index contributed by atoms with van der Waals surface area (Å²) in [5.74, 6) is 4.19. The van der Waals surface area contributed by atoms with Crippen LogP contribution in [0.3, 0.4) is 0 Å². The van der Waals surface area contributed by atoms with Crippen LogP contribution in [0.4, 0.5) is 5.00 Å². The van der Waals surface area contributed by atoms with Crippen molar-refractivity contribution in [2.24, 2.45) is 0 Å². The number of aromatic nitrogens is 3. The smallest absolute Gasteiger partial charge is 0.341 e. The lowest BCUT2D eigenvalue weighted by Gasteiger charge is -2.08. The Morgan fingerprint density at radius 2 is 1.96 bits per heavy atom. The van der Waals surface area contributed by atoms with Gasteiger partial charge in [0.05, 0.1) is 22.8 Å². The van der Waals surface area contributed by atoms with Crippen LogP contribution in [0, 0.1) is 13.8 Å². The first-order valence-corrected chi connectivity index (χ1v) is 9.93. The second-order valence-corrected chi connectivity index (χ2v) is 7.58. The third-order valence-electron chi connectivity index (χ3n) is 3.55. The molecule has 2 heterocycles. The van der Waals surface area contributed by atoms with Gasteiger partial charge in [-0.15, -0.1) is 21.5 Å². The summed E-state index contributed by atoms with van der Waals surface area (Å²) in [7, 11) is 0. The highest BCUT2D eigenvalue weighted by Gasteiger charge is 2.25. The van der Waals surface area contributed by atoms with Crippen LogP contribution in [-0.4, -0.2) is 44.9 Å². The molecule has 0 saturated heterocycles. The number of carbonyl (C=O) groups is 3. The summed E-state index contributed by atoms with van der Waals surface area (Å²) in [6.45, 7) is 6.30. The first-order valence-electron chi connectivity index (χ1n) is 8.12. The van der Waals surface area contributed by atoms with Crippen molar-refractivity contribution in [2.45, 2.75) is 32.9 Å². The SMILES string of the molecule is CCOC(=O)c1c(NC(=O)CSc2nnc(C)c(=O)n2N)sc(C(C)=O)c1C. The highest BCUT2D eigenvalue weighted by Crippen LogP contribution is 2.34. The Morgan fingerprint density at radius 1 is 1.29 bits per heavy atom. The molecule has 2 aromatic heterocycles. The molecule has 0 aliphatic heterocycles. The fourth-order valence-corrected chi connectivity index (χ4v) is 4.01. The van der Waals surface area contributed by atoms with Crippen LogP contribution in [-0.2, 0) is 9.53 Å². The molecule has 0 aliphatic rings. The summed E-state index contributed by atoms with van der Waals surface area (Å²) in [6.07, 6.45) is 0. The molecule has 0 radical (unpaired) electrons. The summed E-state index contributed by atoms with van der Waals surface area (Å²) < 4.78 is 5.83. The van der Waals surface area contributed by atoms with E-state index in [4.69, 9.17) is 10.6 Å². The van der Waals surface area contributed by atoms with Crippen LogP contribution < -0.4 is 16.7 Å². The van der Waals surface area contributed by atoms with Gasteiger partial charge in [0, 0.05) is 0 Å². The maximum absolute atomic E-state index is 12.3. The number of nitrogens with zero attached hydrogens (tertiary/aromatic N) is 3. The standard InChI is InChI=1S/C16H19N5O5S2/c1-5-26-15(25)11-7(2)12(9(4)22)28-13(11)18-10(23)6-27-16-20-19-8(3)14(24)21(16)17/h5-6,17H2,1-4H3,(H,18,23). The molecule has 1 amide bonds. The van der Waals surface area contributed by atoms with E-state index < -0.39 is 17.4 Å². The molecule has 0 aliphatic carbocycles. The molecule has 2 rings (SSSR count). The van der Waals surface area contributed by atoms with Gasteiger partial charge < -0.3 is 15.9 Å². The molecule has 0 unspecified atom stereocenters. The van der Waals surface area contributed by atoms with Crippen LogP contribution in [0.2, 0.25) is 0 Å². The molecule has 28 heavy (non-hydrogen) atoms. The number of ketones is 1. The van der Waals surface area contributed by atoms with Gasteiger partial charge in [-0.25, -0.2) is 4.79 Å². The van der Waals surface area contributed by atoms with Crippen LogP contribution >= 0.6 is 23.1 Å². The fraction of sp³-hybridized carbons (Fsp3) is 0.375. The zero-order chi connectivity index (χ0) is 21.0. The summed E-state index contributed by atoms with van der Waals surface area (Å²) in [5, 5.41) is 10.4. The van der Waals surface area contributed by atoms with Crippen molar-refractivity contribution < 1.29 is 19.1 Å². The molecule has 0 atom stereocenters. The number of thioether (sulfide) groups is 1. The number of nitrogens with one attached hydrogen (secondary N) is 1. The summed E-state index contributed by atoms with van der Waals surface area (Å²) >= 11 is 1.92. The number of ether oxygens (including phenoxy) is 1. The number of esters is 1.